The largest absolute Gasteiger partial charge is 0.456 e. The van der Waals surface area contributed by atoms with Crippen LogP contribution >= 0.6 is 0 Å². The molecule has 268 valence electrons. The van der Waals surface area contributed by atoms with E-state index in [0.717, 1.165) is 83.2 Å². The van der Waals surface area contributed by atoms with Crippen molar-refractivity contribution in [1.29, 1.82) is 0 Å². The normalized spacial score (nSPS) is 11.5. The lowest BCUT2D eigenvalue weighted by molar-refractivity contribution is 0.669. The highest BCUT2D eigenvalue weighted by atomic mass is 16.3. The van der Waals surface area contributed by atoms with Crippen molar-refractivity contribution in [3.8, 4) is 44.5 Å². The van der Waals surface area contributed by atoms with Gasteiger partial charge in [0.15, 0.2) is 0 Å². The van der Waals surface area contributed by atoms with Gasteiger partial charge in [-0.3, -0.25) is 0 Å². The van der Waals surface area contributed by atoms with Crippen LogP contribution in [0.15, 0.2) is 221 Å². The molecule has 0 amide bonds. The predicted molar refractivity (Wildman–Crippen MR) is 237 cm³/mol. The van der Waals surface area contributed by atoms with Gasteiger partial charge in [0.1, 0.15) is 22.3 Å². The van der Waals surface area contributed by atoms with Gasteiger partial charge in [-0.25, -0.2) is 0 Å². The fraction of sp³-hybridized carbons (Fsp3) is 0. The number of anilines is 3. The molecular formula is C54H35NO2. The van der Waals surface area contributed by atoms with Crippen LogP contribution in [0.5, 0.6) is 0 Å². The molecule has 3 heteroatoms. The first-order valence-corrected chi connectivity index (χ1v) is 19.3. The van der Waals surface area contributed by atoms with Crippen molar-refractivity contribution in [3.63, 3.8) is 0 Å². The third-order valence-corrected chi connectivity index (χ3v) is 11.1. The van der Waals surface area contributed by atoms with Gasteiger partial charge in [0.2, 0.25) is 0 Å². The Morgan fingerprint density at radius 2 is 0.702 bits per heavy atom. The Bertz CT molecular complexity index is 3200. The van der Waals surface area contributed by atoms with Crippen LogP contribution in [0.2, 0.25) is 0 Å². The van der Waals surface area contributed by atoms with E-state index in [2.05, 4.69) is 193 Å². The lowest BCUT2D eigenvalue weighted by Gasteiger charge is -2.26. The minimum atomic E-state index is 0.883. The Labute approximate surface area is 330 Å². The molecule has 57 heavy (non-hydrogen) atoms. The first-order valence-electron chi connectivity index (χ1n) is 19.3. The summed E-state index contributed by atoms with van der Waals surface area (Å²) in [6.45, 7) is 0. The van der Waals surface area contributed by atoms with Gasteiger partial charge in [-0.05, 0) is 99.6 Å². The first kappa shape index (κ1) is 32.8. The summed E-state index contributed by atoms with van der Waals surface area (Å²) in [5.41, 5.74) is 15.9. The minimum Gasteiger partial charge on any atom is -0.456 e. The average molecular weight is 730 g/mol. The Hall–Kier alpha value is -7.62. The molecule has 2 heterocycles. The van der Waals surface area contributed by atoms with Crippen molar-refractivity contribution in [3.05, 3.63) is 212 Å². The van der Waals surface area contributed by atoms with E-state index in [1.54, 1.807) is 0 Å². The van der Waals surface area contributed by atoms with Crippen LogP contribution in [0, 0.1) is 0 Å². The molecule has 0 spiro atoms. The Balaban J connectivity index is 1.01. The summed E-state index contributed by atoms with van der Waals surface area (Å²) in [7, 11) is 0. The van der Waals surface area contributed by atoms with Crippen molar-refractivity contribution in [1.82, 2.24) is 0 Å². The highest BCUT2D eigenvalue weighted by Crippen LogP contribution is 2.43. The Morgan fingerprint density at radius 1 is 0.263 bits per heavy atom. The van der Waals surface area contributed by atoms with Gasteiger partial charge in [0.25, 0.3) is 0 Å². The number of rotatable bonds is 7. The number of furan rings is 2. The number of fused-ring (bicyclic) bond motifs is 6. The zero-order valence-corrected chi connectivity index (χ0v) is 31.0. The molecule has 3 nitrogen and oxygen atoms in total. The molecule has 0 aliphatic heterocycles. The van der Waals surface area contributed by atoms with Crippen LogP contribution in [-0.2, 0) is 0 Å². The summed E-state index contributed by atoms with van der Waals surface area (Å²) in [4.78, 5) is 2.32. The van der Waals surface area contributed by atoms with E-state index in [9.17, 15) is 0 Å². The molecule has 11 rings (SSSR count). The second-order valence-electron chi connectivity index (χ2n) is 14.5. The van der Waals surface area contributed by atoms with Crippen molar-refractivity contribution in [2.45, 2.75) is 0 Å². The summed E-state index contributed by atoms with van der Waals surface area (Å²) in [5.74, 6) is 0. The average Bonchev–Trinajstić information content (AvgIpc) is 3.86. The monoisotopic (exact) mass is 729 g/mol. The fourth-order valence-corrected chi connectivity index (χ4v) is 8.30. The number of benzene rings is 9. The van der Waals surface area contributed by atoms with E-state index in [1.807, 2.05) is 24.3 Å². The molecule has 0 bridgehead atoms. The molecule has 9 aromatic carbocycles. The zero-order chi connectivity index (χ0) is 37.7. The van der Waals surface area contributed by atoms with Gasteiger partial charge in [-0.15, -0.1) is 0 Å². The number of hydrogen-bond acceptors (Lipinski definition) is 3. The van der Waals surface area contributed by atoms with Crippen molar-refractivity contribution in [2.75, 3.05) is 4.90 Å². The molecule has 0 aliphatic carbocycles. The van der Waals surface area contributed by atoms with Crippen LogP contribution in [0.25, 0.3) is 88.4 Å². The number of nitrogens with zero attached hydrogens (tertiary/aromatic N) is 1. The molecule has 0 atom stereocenters. The highest BCUT2D eigenvalue weighted by molar-refractivity contribution is 6.10. The lowest BCUT2D eigenvalue weighted by atomic mass is 9.92. The van der Waals surface area contributed by atoms with Gasteiger partial charge in [-0.1, -0.05) is 152 Å². The Morgan fingerprint density at radius 3 is 1.33 bits per heavy atom. The zero-order valence-electron chi connectivity index (χ0n) is 31.0. The second-order valence-corrected chi connectivity index (χ2v) is 14.5. The topological polar surface area (TPSA) is 29.5 Å². The maximum absolute atomic E-state index is 6.41. The van der Waals surface area contributed by atoms with Gasteiger partial charge < -0.3 is 13.7 Å². The Kier molecular flexibility index (Phi) is 7.82. The first-order chi connectivity index (χ1) is 28.2. The summed E-state index contributed by atoms with van der Waals surface area (Å²) in [6, 6.07) is 75.1. The van der Waals surface area contributed by atoms with Gasteiger partial charge >= 0.3 is 0 Å². The van der Waals surface area contributed by atoms with E-state index < -0.39 is 0 Å². The van der Waals surface area contributed by atoms with E-state index >= 15 is 0 Å². The van der Waals surface area contributed by atoms with E-state index in [4.69, 9.17) is 8.83 Å². The maximum Gasteiger partial charge on any atom is 0.143 e. The molecule has 11 aromatic rings. The van der Waals surface area contributed by atoms with Crippen LogP contribution in [0.1, 0.15) is 0 Å². The number of para-hydroxylation sites is 3. The summed E-state index contributed by atoms with van der Waals surface area (Å²) in [5, 5.41) is 4.51. The molecule has 0 N–H and O–H groups in total. The lowest BCUT2D eigenvalue weighted by Crippen LogP contribution is -2.09. The maximum atomic E-state index is 6.41. The highest BCUT2D eigenvalue weighted by Gasteiger charge is 2.18. The minimum absolute atomic E-state index is 0.883. The predicted octanol–water partition coefficient (Wildman–Crippen LogP) is 15.6. The van der Waals surface area contributed by atoms with E-state index in [0.29, 0.717) is 0 Å². The van der Waals surface area contributed by atoms with Crippen molar-refractivity contribution < 1.29 is 8.83 Å². The van der Waals surface area contributed by atoms with Crippen LogP contribution in [-0.4, -0.2) is 0 Å². The van der Waals surface area contributed by atoms with Crippen molar-refractivity contribution >= 4 is 60.9 Å². The smallest absolute Gasteiger partial charge is 0.143 e. The van der Waals surface area contributed by atoms with E-state index in [-0.39, 0.29) is 0 Å². The van der Waals surface area contributed by atoms with Gasteiger partial charge in [-0.2, -0.15) is 0 Å². The summed E-state index contributed by atoms with van der Waals surface area (Å²) < 4.78 is 12.8. The molecular weight excluding hydrogens is 695 g/mol. The van der Waals surface area contributed by atoms with Crippen LogP contribution < -0.4 is 4.90 Å². The SMILES string of the molecule is c1ccc(-c2ccc(N(c3ccc(-c4cc5oc6ccccc6c5cc4-c4ccccc4)cc3)c3ccc(-c4cccc5c4oc4ccccc45)cc3)cc2)cc1. The van der Waals surface area contributed by atoms with Gasteiger partial charge in [0, 0.05) is 44.2 Å². The molecule has 0 fully saturated rings. The van der Waals surface area contributed by atoms with Crippen LogP contribution in [0.3, 0.4) is 0 Å². The fourth-order valence-electron chi connectivity index (χ4n) is 8.30. The quantitative estimate of drug-likeness (QED) is 0.164. The number of hydrogen-bond donors (Lipinski definition) is 0. The standard InChI is InChI=1S/C54H35NO2/c1-3-12-36(13-4-1)37-22-28-41(29-23-37)55(42-30-24-39(25-31-42)44-18-11-19-47-45-16-7-10-21-52(45)57-54(44)47)43-32-26-40(27-33-43)49-35-53-50(46-17-8-9-20-51(46)56-53)34-48(49)38-14-5-2-6-15-38/h1-35H. The van der Waals surface area contributed by atoms with E-state index in [1.165, 1.54) is 22.3 Å². The van der Waals surface area contributed by atoms with Crippen LogP contribution in [0.4, 0.5) is 17.1 Å². The third-order valence-electron chi connectivity index (χ3n) is 11.1. The third kappa shape index (κ3) is 5.76. The molecule has 2 aromatic heterocycles. The van der Waals surface area contributed by atoms with Gasteiger partial charge in [0.05, 0.1) is 0 Å². The molecule has 0 saturated heterocycles. The molecule has 0 unspecified atom stereocenters. The summed E-state index contributed by atoms with van der Waals surface area (Å²) in [6.07, 6.45) is 0. The van der Waals surface area contributed by atoms with Crippen molar-refractivity contribution in [2.24, 2.45) is 0 Å². The molecule has 0 saturated carbocycles. The second kappa shape index (κ2) is 13.6. The molecule has 0 radical (unpaired) electrons. The molecule has 0 aliphatic rings. The summed E-state index contributed by atoms with van der Waals surface area (Å²) >= 11 is 0.